The smallest absolute Gasteiger partial charge is 0.148 e. The van der Waals surface area contributed by atoms with E-state index in [4.69, 9.17) is 5.84 Å². The van der Waals surface area contributed by atoms with Gasteiger partial charge >= 0.3 is 0 Å². The van der Waals surface area contributed by atoms with Crippen molar-refractivity contribution in [3.8, 4) is 0 Å². The van der Waals surface area contributed by atoms with Crippen molar-refractivity contribution in [3.63, 3.8) is 0 Å². The average molecular weight is 265 g/mol. The summed E-state index contributed by atoms with van der Waals surface area (Å²) in [5, 5.41) is 9.64. The first-order valence-electron chi connectivity index (χ1n) is 6.77. The molecule has 1 aromatic heterocycles. The number of aliphatic hydroxyl groups is 1. The number of hydrazine groups is 1. The molecule has 4 N–H and O–H groups in total. The van der Waals surface area contributed by atoms with Crippen LogP contribution in [0.4, 0.5) is 11.6 Å². The van der Waals surface area contributed by atoms with E-state index in [0.29, 0.717) is 17.6 Å². The summed E-state index contributed by atoms with van der Waals surface area (Å²) in [5.74, 6) is 8.23. The van der Waals surface area contributed by atoms with E-state index in [1.165, 1.54) is 0 Å². The van der Waals surface area contributed by atoms with Gasteiger partial charge in [-0.05, 0) is 39.5 Å². The molecule has 1 aliphatic rings. The molecule has 1 aliphatic heterocycles. The zero-order valence-electron chi connectivity index (χ0n) is 11.8. The van der Waals surface area contributed by atoms with Crippen molar-refractivity contribution in [1.82, 2.24) is 9.97 Å². The monoisotopic (exact) mass is 265 g/mol. The molecule has 0 bridgehead atoms. The van der Waals surface area contributed by atoms with Gasteiger partial charge in [-0.3, -0.25) is 0 Å². The van der Waals surface area contributed by atoms with Crippen LogP contribution in [-0.2, 0) is 0 Å². The Hall–Kier alpha value is -1.40. The van der Waals surface area contributed by atoms with E-state index in [1.807, 2.05) is 20.8 Å². The third-order valence-corrected chi connectivity index (χ3v) is 3.89. The van der Waals surface area contributed by atoms with Crippen LogP contribution < -0.4 is 16.2 Å². The molecule has 6 nitrogen and oxygen atoms in total. The summed E-state index contributed by atoms with van der Waals surface area (Å²) in [6.07, 6.45) is 1.76. The summed E-state index contributed by atoms with van der Waals surface area (Å²) in [4.78, 5) is 11.1. The number of rotatable bonds is 3. The van der Waals surface area contributed by atoms with Gasteiger partial charge in [0.1, 0.15) is 17.5 Å². The van der Waals surface area contributed by atoms with Crippen molar-refractivity contribution in [3.05, 3.63) is 11.4 Å². The number of hydrogen-bond acceptors (Lipinski definition) is 6. The van der Waals surface area contributed by atoms with E-state index >= 15 is 0 Å². The molecule has 1 fully saturated rings. The van der Waals surface area contributed by atoms with E-state index in [1.54, 1.807) is 0 Å². The molecule has 0 spiro atoms. The lowest BCUT2D eigenvalue weighted by molar-refractivity contribution is 0.109. The third kappa shape index (κ3) is 2.96. The summed E-state index contributed by atoms with van der Waals surface area (Å²) < 4.78 is 0. The molecule has 0 radical (unpaired) electrons. The van der Waals surface area contributed by atoms with E-state index in [9.17, 15) is 5.11 Å². The molecule has 1 unspecified atom stereocenters. The lowest BCUT2D eigenvalue weighted by atomic mass is 9.92. The first kappa shape index (κ1) is 14.0. The SMILES string of the molecule is Cc1nc(NN)c(C)c(N2CCC(C(C)O)CC2)n1. The summed E-state index contributed by atoms with van der Waals surface area (Å²) in [5.41, 5.74) is 3.60. The van der Waals surface area contributed by atoms with Gasteiger partial charge in [-0.2, -0.15) is 0 Å². The van der Waals surface area contributed by atoms with Gasteiger partial charge in [-0.1, -0.05) is 0 Å². The second-order valence-electron chi connectivity index (χ2n) is 5.28. The molecule has 2 heterocycles. The van der Waals surface area contributed by atoms with Crippen LogP contribution in [-0.4, -0.2) is 34.3 Å². The number of aliphatic hydroxyl groups excluding tert-OH is 1. The Labute approximate surface area is 114 Å². The number of piperidine rings is 1. The lowest BCUT2D eigenvalue weighted by Gasteiger charge is -2.35. The average Bonchev–Trinajstić information content (AvgIpc) is 2.41. The molecule has 0 amide bonds. The quantitative estimate of drug-likeness (QED) is 0.558. The molecule has 1 atom stereocenters. The van der Waals surface area contributed by atoms with E-state index < -0.39 is 0 Å². The van der Waals surface area contributed by atoms with Crippen molar-refractivity contribution >= 4 is 11.6 Å². The Morgan fingerprint density at radius 2 is 1.95 bits per heavy atom. The van der Waals surface area contributed by atoms with Gasteiger partial charge in [0.25, 0.3) is 0 Å². The first-order chi connectivity index (χ1) is 9.02. The van der Waals surface area contributed by atoms with Crippen LogP contribution in [0.5, 0.6) is 0 Å². The predicted octanol–water partition coefficient (Wildman–Crippen LogP) is 0.976. The Bertz CT molecular complexity index is 441. The fourth-order valence-electron chi connectivity index (χ4n) is 2.66. The van der Waals surface area contributed by atoms with Crippen LogP contribution in [0.3, 0.4) is 0 Å². The lowest BCUT2D eigenvalue weighted by Crippen LogP contribution is -2.38. The Kier molecular flexibility index (Phi) is 4.21. The van der Waals surface area contributed by atoms with Crippen molar-refractivity contribution in [1.29, 1.82) is 0 Å². The first-order valence-corrected chi connectivity index (χ1v) is 6.77. The summed E-state index contributed by atoms with van der Waals surface area (Å²) >= 11 is 0. The maximum atomic E-state index is 9.64. The molecule has 1 saturated heterocycles. The standard InChI is InChI=1S/C13H23N5O/c1-8-12(17-14)15-10(3)16-13(8)18-6-4-11(5-7-18)9(2)19/h9,11,19H,4-7,14H2,1-3H3,(H,15,16,17). The zero-order chi connectivity index (χ0) is 14.0. The third-order valence-electron chi connectivity index (χ3n) is 3.89. The van der Waals surface area contributed by atoms with Gasteiger partial charge in [-0.15, -0.1) is 0 Å². The molecule has 6 heteroatoms. The zero-order valence-corrected chi connectivity index (χ0v) is 11.8. The molecule has 0 aliphatic carbocycles. The molecular weight excluding hydrogens is 242 g/mol. The van der Waals surface area contributed by atoms with E-state index in [0.717, 1.165) is 37.3 Å². The number of nitrogens with zero attached hydrogens (tertiary/aromatic N) is 3. The summed E-state index contributed by atoms with van der Waals surface area (Å²) in [6.45, 7) is 7.54. The predicted molar refractivity (Wildman–Crippen MR) is 75.9 cm³/mol. The Balaban J connectivity index is 2.17. The number of aromatic nitrogens is 2. The van der Waals surface area contributed by atoms with Crippen LogP contribution in [0.25, 0.3) is 0 Å². The number of nitrogens with two attached hydrogens (primary N) is 1. The highest BCUT2D eigenvalue weighted by atomic mass is 16.3. The molecule has 106 valence electrons. The number of aryl methyl sites for hydroxylation is 1. The van der Waals surface area contributed by atoms with Crippen molar-refractivity contribution in [2.45, 2.75) is 39.7 Å². The van der Waals surface area contributed by atoms with Gasteiger partial charge in [0.05, 0.1) is 6.10 Å². The topological polar surface area (TPSA) is 87.3 Å². The number of anilines is 2. The van der Waals surface area contributed by atoms with Crippen LogP contribution in [0.15, 0.2) is 0 Å². The van der Waals surface area contributed by atoms with Crippen LogP contribution in [0.1, 0.15) is 31.2 Å². The normalized spacial score (nSPS) is 18.5. The fourth-order valence-corrected chi connectivity index (χ4v) is 2.66. The van der Waals surface area contributed by atoms with Crippen LogP contribution in [0, 0.1) is 19.8 Å². The maximum Gasteiger partial charge on any atom is 0.148 e. The Morgan fingerprint density at radius 1 is 1.32 bits per heavy atom. The minimum absolute atomic E-state index is 0.225. The van der Waals surface area contributed by atoms with Crippen LogP contribution >= 0.6 is 0 Å². The van der Waals surface area contributed by atoms with Gasteiger partial charge in [0.15, 0.2) is 0 Å². The van der Waals surface area contributed by atoms with Crippen molar-refractivity contribution in [2.75, 3.05) is 23.4 Å². The molecule has 1 aromatic rings. The van der Waals surface area contributed by atoms with Gasteiger partial charge in [0, 0.05) is 18.7 Å². The second-order valence-corrected chi connectivity index (χ2v) is 5.28. The van der Waals surface area contributed by atoms with Crippen LogP contribution in [0.2, 0.25) is 0 Å². The van der Waals surface area contributed by atoms with Crippen molar-refractivity contribution in [2.24, 2.45) is 11.8 Å². The largest absolute Gasteiger partial charge is 0.393 e. The summed E-state index contributed by atoms with van der Waals surface area (Å²) in [7, 11) is 0. The molecular formula is C13H23N5O. The number of nitrogens with one attached hydrogen (secondary N) is 1. The molecule has 0 aromatic carbocycles. The van der Waals surface area contributed by atoms with Gasteiger partial charge in [0.2, 0.25) is 0 Å². The maximum absolute atomic E-state index is 9.64. The fraction of sp³-hybridized carbons (Fsp3) is 0.692. The second kappa shape index (κ2) is 5.71. The minimum atomic E-state index is -0.225. The van der Waals surface area contributed by atoms with E-state index in [-0.39, 0.29) is 6.10 Å². The number of hydrogen-bond donors (Lipinski definition) is 3. The van der Waals surface area contributed by atoms with Gasteiger partial charge < -0.3 is 15.4 Å². The molecule has 0 saturated carbocycles. The number of nitrogen functional groups attached to an aromatic ring is 1. The van der Waals surface area contributed by atoms with Gasteiger partial charge in [-0.25, -0.2) is 15.8 Å². The Morgan fingerprint density at radius 3 is 2.47 bits per heavy atom. The highest BCUT2D eigenvalue weighted by Crippen LogP contribution is 2.28. The van der Waals surface area contributed by atoms with Crippen molar-refractivity contribution < 1.29 is 5.11 Å². The highest BCUT2D eigenvalue weighted by molar-refractivity contribution is 5.58. The molecule has 19 heavy (non-hydrogen) atoms. The minimum Gasteiger partial charge on any atom is -0.393 e. The summed E-state index contributed by atoms with van der Waals surface area (Å²) in [6, 6.07) is 0. The highest BCUT2D eigenvalue weighted by Gasteiger charge is 2.25. The molecule has 2 rings (SSSR count). The van der Waals surface area contributed by atoms with E-state index in [2.05, 4.69) is 20.3 Å².